The Bertz CT molecular complexity index is 375. The van der Waals surface area contributed by atoms with Crippen molar-refractivity contribution in [2.45, 2.75) is 6.42 Å². The van der Waals surface area contributed by atoms with Crippen molar-refractivity contribution in [2.24, 2.45) is 0 Å². The van der Waals surface area contributed by atoms with Crippen LogP contribution in [0.15, 0.2) is 42.4 Å². The maximum absolute atomic E-state index is 3.79. The van der Waals surface area contributed by atoms with Crippen molar-refractivity contribution in [1.29, 1.82) is 0 Å². The van der Waals surface area contributed by atoms with Gasteiger partial charge in [-0.1, -0.05) is 43.5 Å². The van der Waals surface area contributed by atoms with Gasteiger partial charge in [-0.3, -0.25) is 0 Å². The molecular formula is C13H13Br. The van der Waals surface area contributed by atoms with Crippen molar-refractivity contribution in [3.05, 3.63) is 59.1 Å². The Labute approximate surface area is 93.8 Å². The smallest absolute Gasteiger partial charge is 0.0288 e. The molecule has 1 rings (SSSR count). The number of halogens is 1. The van der Waals surface area contributed by atoms with Gasteiger partial charge in [-0.25, -0.2) is 0 Å². The standard InChI is InChI=1S/C13H13Br/c1-4-7-12-10(5-2)8-9-11(6-3)13(12)14/h4-6,8-9H,1-3,7H2. The Morgan fingerprint density at radius 1 is 1.07 bits per heavy atom. The van der Waals surface area contributed by atoms with Crippen LogP contribution in [0.1, 0.15) is 16.7 Å². The molecule has 0 radical (unpaired) electrons. The highest BCUT2D eigenvalue weighted by Crippen LogP contribution is 2.27. The summed E-state index contributed by atoms with van der Waals surface area (Å²) >= 11 is 3.57. The molecule has 0 spiro atoms. The van der Waals surface area contributed by atoms with E-state index in [9.17, 15) is 0 Å². The first-order chi connectivity index (χ1) is 6.74. The minimum absolute atomic E-state index is 0.837. The fraction of sp³-hybridized carbons (Fsp3) is 0.0769. The second kappa shape index (κ2) is 4.97. The van der Waals surface area contributed by atoms with E-state index < -0.39 is 0 Å². The van der Waals surface area contributed by atoms with Crippen molar-refractivity contribution in [2.75, 3.05) is 0 Å². The number of allylic oxidation sites excluding steroid dienone is 1. The van der Waals surface area contributed by atoms with Gasteiger partial charge in [-0.15, -0.1) is 6.58 Å². The second-order valence-corrected chi connectivity index (χ2v) is 3.73. The lowest BCUT2D eigenvalue weighted by molar-refractivity contribution is 1.24. The van der Waals surface area contributed by atoms with E-state index in [1.165, 1.54) is 5.56 Å². The number of benzene rings is 1. The predicted octanol–water partition coefficient (Wildman–Crippen LogP) is 4.46. The quantitative estimate of drug-likeness (QED) is 0.691. The molecule has 0 heterocycles. The molecule has 0 fully saturated rings. The van der Waals surface area contributed by atoms with Gasteiger partial charge in [-0.2, -0.15) is 0 Å². The van der Waals surface area contributed by atoms with E-state index in [0.29, 0.717) is 0 Å². The molecule has 0 aliphatic heterocycles. The molecule has 0 N–H and O–H groups in total. The summed E-state index contributed by atoms with van der Waals surface area (Å²) in [7, 11) is 0. The third-order valence-electron chi connectivity index (χ3n) is 2.10. The van der Waals surface area contributed by atoms with Crippen LogP contribution in [-0.2, 0) is 6.42 Å². The lowest BCUT2D eigenvalue weighted by Gasteiger charge is -2.09. The van der Waals surface area contributed by atoms with Gasteiger partial charge >= 0.3 is 0 Å². The number of hydrogen-bond donors (Lipinski definition) is 0. The summed E-state index contributed by atoms with van der Waals surface area (Å²) in [5.41, 5.74) is 3.46. The van der Waals surface area contributed by atoms with Crippen LogP contribution in [-0.4, -0.2) is 0 Å². The zero-order valence-electron chi connectivity index (χ0n) is 8.09. The molecule has 0 nitrogen and oxygen atoms in total. The van der Waals surface area contributed by atoms with Crippen LogP contribution in [0.2, 0.25) is 0 Å². The largest absolute Gasteiger partial charge is 0.103 e. The molecule has 0 aliphatic carbocycles. The minimum Gasteiger partial charge on any atom is -0.103 e. The van der Waals surface area contributed by atoms with Gasteiger partial charge in [0, 0.05) is 4.47 Å². The van der Waals surface area contributed by atoms with Crippen LogP contribution >= 0.6 is 15.9 Å². The lowest BCUT2D eigenvalue weighted by Crippen LogP contribution is -1.91. The van der Waals surface area contributed by atoms with Crippen LogP contribution in [0.25, 0.3) is 12.2 Å². The van der Waals surface area contributed by atoms with Gasteiger partial charge in [0.15, 0.2) is 0 Å². The van der Waals surface area contributed by atoms with E-state index in [-0.39, 0.29) is 0 Å². The molecule has 0 unspecified atom stereocenters. The molecule has 0 amide bonds. The normalized spacial score (nSPS) is 9.50. The minimum atomic E-state index is 0.837. The average molecular weight is 249 g/mol. The van der Waals surface area contributed by atoms with E-state index in [0.717, 1.165) is 22.0 Å². The Morgan fingerprint density at radius 2 is 1.64 bits per heavy atom. The van der Waals surface area contributed by atoms with Crippen LogP contribution in [0.5, 0.6) is 0 Å². The van der Waals surface area contributed by atoms with Crippen molar-refractivity contribution < 1.29 is 0 Å². The van der Waals surface area contributed by atoms with E-state index in [2.05, 4.69) is 35.7 Å². The topological polar surface area (TPSA) is 0 Å². The van der Waals surface area contributed by atoms with Gasteiger partial charge in [0.1, 0.15) is 0 Å². The second-order valence-electron chi connectivity index (χ2n) is 2.94. The first-order valence-electron chi connectivity index (χ1n) is 4.41. The summed E-state index contributed by atoms with van der Waals surface area (Å²) in [5.74, 6) is 0. The highest BCUT2D eigenvalue weighted by molar-refractivity contribution is 9.10. The van der Waals surface area contributed by atoms with E-state index in [1.807, 2.05) is 30.4 Å². The van der Waals surface area contributed by atoms with Crippen LogP contribution in [0, 0.1) is 0 Å². The zero-order chi connectivity index (χ0) is 10.6. The van der Waals surface area contributed by atoms with Crippen molar-refractivity contribution >= 4 is 28.1 Å². The molecule has 72 valence electrons. The highest BCUT2D eigenvalue weighted by atomic mass is 79.9. The van der Waals surface area contributed by atoms with Crippen LogP contribution in [0.4, 0.5) is 0 Å². The summed E-state index contributed by atoms with van der Waals surface area (Å²) in [5, 5.41) is 0. The Morgan fingerprint density at radius 3 is 2.14 bits per heavy atom. The third kappa shape index (κ3) is 2.05. The molecule has 0 saturated heterocycles. The summed E-state index contributed by atoms with van der Waals surface area (Å²) in [6.45, 7) is 11.3. The van der Waals surface area contributed by atoms with Gasteiger partial charge in [0.05, 0.1) is 0 Å². The molecule has 1 heteroatoms. The summed E-state index contributed by atoms with van der Waals surface area (Å²) in [4.78, 5) is 0. The zero-order valence-corrected chi connectivity index (χ0v) is 9.68. The van der Waals surface area contributed by atoms with Crippen LogP contribution < -0.4 is 0 Å². The van der Waals surface area contributed by atoms with Crippen molar-refractivity contribution in [1.82, 2.24) is 0 Å². The third-order valence-corrected chi connectivity index (χ3v) is 3.03. The molecule has 0 aliphatic rings. The lowest BCUT2D eigenvalue weighted by atomic mass is 10.0. The predicted molar refractivity (Wildman–Crippen MR) is 68.2 cm³/mol. The summed E-state index contributed by atoms with van der Waals surface area (Å²) in [6, 6.07) is 4.08. The number of hydrogen-bond acceptors (Lipinski definition) is 0. The van der Waals surface area contributed by atoms with E-state index in [4.69, 9.17) is 0 Å². The maximum Gasteiger partial charge on any atom is 0.0288 e. The monoisotopic (exact) mass is 248 g/mol. The SMILES string of the molecule is C=CCc1c(C=C)ccc(C=C)c1Br. The maximum atomic E-state index is 3.79. The fourth-order valence-corrected chi connectivity index (χ4v) is 2.04. The van der Waals surface area contributed by atoms with Gasteiger partial charge < -0.3 is 0 Å². The van der Waals surface area contributed by atoms with E-state index >= 15 is 0 Å². The fourth-order valence-electron chi connectivity index (χ4n) is 1.35. The first kappa shape index (κ1) is 11.0. The molecule has 1 aromatic rings. The highest BCUT2D eigenvalue weighted by Gasteiger charge is 2.05. The average Bonchev–Trinajstić information content (AvgIpc) is 2.21. The molecule has 14 heavy (non-hydrogen) atoms. The first-order valence-corrected chi connectivity index (χ1v) is 5.21. The van der Waals surface area contributed by atoms with Crippen LogP contribution in [0.3, 0.4) is 0 Å². The molecular weight excluding hydrogens is 236 g/mol. The summed E-state index contributed by atoms with van der Waals surface area (Å²) in [6.07, 6.45) is 6.42. The van der Waals surface area contributed by atoms with Crippen molar-refractivity contribution in [3.63, 3.8) is 0 Å². The van der Waals surface area contributed by atoms with E-state index in [1.54, 1.807) is 0 Å². The van der Waals surface area contributed by atoms with Crippen molar-refractivity contribution in [3.8, 4) is 0 Å². The van der Waals surface area contributed by atoms with Gasteiger partial charge in [0.25, 0.3) is 0 Å². The molecule has 0 saturated carbocycles. The molecule has 1 aromatic carbocycles. The Balaban J connectivity index is 3.37. The van der Waals surface area contributed by atoms with Gasteiger partial charge in [0.2, 0.25) is 0 Å². The Hall–Kier alpha value is -1.08. The molecule has 0 bridgehead atoms. The molecule has 0 aromatic heterocycles. The Kier molecular flexibility index (Phi) is 3.90. The number of rotatable bonds is 4. The summed E-state index contributed by atoms with van der Waals surface area (Å²) < 4.78 is 1.09. The van der Waals surface area contributed by atoms with Gasteiger partial charge in [-0.05, 0) is 39.0 Å². The molecule has 0 atom stereocenters.